The van der Waals surface area contributed by atoms with E-state index in [2.05, 4.69) is 10.9 Å². The van der Waals surface area contributed by atoms with E-state index in [9.17, 15) is 15.0 Å². The molecule has 0 bridgehead atoms. The molecule has 3 rings (SSSR count). The molecule has 0 unspecified atom stereocenters. The number of nitrogens with one attached hydrogen (secondary N) is 2. The molecule has 4 N–H and O–H groups in total. The number of rotatable bonds is 4. The Morgan fingerprint density at radius 1 is 0.870 bits per heavy atom. The van der Waals surface area contributed by atoms with Crippen LogP contribution in [0, 0.1) is 0 Å². The number of fused-ring (bicyclic) bond motifs is 1. The largest absolute Gasteiger partial charge is 0.508 e. The van der Waals surface area contributed by atoms with Gasteiger partial charge in [0.25, 0.3) is 5.91 Å². The Kier molecular flexibility index (Phi) is 4.12. The summed E-state index contributed by atoms with van der Waals surface area (Å²) in [5.41, 5.74) is 6.19. The third-order valence-corrected chi connectivity index (χ3v) is 3.63. The molecule has 0 aromatic heterocycles. The highest BCUT2D eigenvalue weighted by atomic mass is 16.3. The van der Waals surface area contributed by atoms with Crippen LogP contribution in [-0.4, -0.2) is 16.1 Å². The molecular weight excluding hydrogens is 292 g/mol. The van der Waals surface area contributed by atoms with E-state index < -0.39 is 5.91 Å². The molecule has 0 atom stereocenters. The Morgan fingerprint density at radius 2 is 1.61 bits per heavy atom. The number of carbonyl (C=O) groups excluding carboxylic acids is 1. The van der Waals surface area contributed by atoms with Gasteiger partial charge in [-0.2, -0.15) is 0 Å². The van der Waals surface area contributed by atoms with Crippen molar-refractivity contribution < 1.29 is 15.0 Å². The first-order valence-corrected chi connectivity index (χ1v) is 7.17. The van der Waals surface area contributed by atoms with Gasteiger partial charge in [-0.25, -0.2) is 5.43 Å². The lowest BCUT2D eigenvalue weighted by molar-refractivity contribution is 0.0929. The molecule has 23 heavy (non-hydrogen) atoms. The molecule has 0 aliphatic carbocycles. The number of amides is 1. The number of hydrazine groups is 1. The molecule has 3 aromatic rings. The number of hydrogen-bond donors (Lipinski definition) is 4. The molecule has 116 valence electrons. The minimum Gasteiger partial charge on any atom is -0.508 e. The summed E-state index contributed by atoms with van der Waals surface area (Å²) in [6.45, 7) is 0.256. The van der Waals surface area contributed by atoms with Gasteiger partial charge in [0.1, 0.15) is 11.5 Å². The summed E-state index contributed by atoms with van der Waals surface area (Å²) in [6.07, 6.45) is 0. The monoisotopic (exact) mass is 308 g/mol. The number of para-hydroxylation sites is 1. The van der Waals surface area contributed by atoms with E-state index in [1.165, 1.54) is 12.1 Å². The van der Waals surface area contributed by atoms with Gasteiger partial charge < -0.3 is 10.2 Å². The van der Waals surface area contributed by atoms with Crippen molar-refractivity contribution in [3.63, 3.8) is 0 Å². The lowest BCUT2D eigenvalue weighted by Gasteiger charge is -2.12. The van der Waals surface area contributed by atoms with Gasteiger partial charge in [0.2, 0.25) is 0 Å². The van der Waals surface area contributed by atoms with Crippen LogP contribution in [0.1, 0.15) is 15.9 Å². The molecule has 1 amide bonds. The van der Waals surface area contributed by atoms with E-state index in [-0.39, 0.29) is 23.6 Å². The number of aromatic hydroxyl groups is 2. The van der Waals surface area contributed by atoms with E-state index in [4.69, 9.17) is 0 Å². The molecule has 0 heterocycles. The van der Waals surface area contributed by atoms with Gasteiger partial charge in [0.15, 0.2) is 0 Å². The molecular formula is C18H16N2O3. The number of hydrogen-bond acceptors (Lipinski definition) is 4. The molecule has 0 radical (unpaired) electrons. The molecule has 0 aliphatic heterocycles. The van der Waals surface area contributed by atoms with Crippen molar-refractivity contribution in [1.82, 2.24) is 10.9 Å². The van der Waals surface area contributed by atoms with Crippen LogP contribution in [-0.2, 0) is 6.54 Å². The van der Waals surface area contributed by atoms with Crippen molar-refractivity contribution in [2.24, 2.45) is 0 Å². The van der Waals surface area contributed by atoms with E-state index >= 15 is 0 Å². The van der Waals surface area contributed by atoms with E-state index in [1.54, 1.807) is 18.2 Å². The summed E-state index contributed by atoms with van der Waals surface area (Å²) in [4.78, 5) is 12.0. The fourth-order valence-electron chi connectivity index (χ4n) is 2.46. The minimum atomic E-state index is -0.442. The third-order valence-electron chi connectivity index (χ3n) is 3.63. The second-order valence-corrected chi connectivity index (χ2v) is 5.11. The molecule has 5 heteroatoms. The summed E-state index contributed by atoms with van der Waals surface area (Å²) < 4.78 is 0. The van der Waals surface area contributed by atoms with Gasteiger partial charge in [-0.15, -0.1) is 0 Å². The quantitative estimate of drug-likeness (QED) is 0.559. The van der Waals surface area contributed by atoms with Gasteiger partial charge in [-0.05, 0) is 29.0 Å². The Balaban J connectivity index is 1.73. The SMILES string of the molecule is O=C(NNCc1c(O)ccc2ccccc12)c1ccccc1O. The van der Waals surface area contributed by atoms with Crippen LogP contribution in [0.15, 0.2) is 60.7 Å². The zero-order valence-corrected chi connectivity index (χ0v) is 12.3. The topological polar surface area (TPSA) is 81.6 Å². The van der Waals surface area contributed by atoms with Crippen molar-refractivity contribution in [3.8, 4) is 11.5 Å². The first-order valence-electron chi connectivity index (χ1n) is 7.17. The van der Waals surface area contributed by atoms with E-state index in [1.807, 2.05) is 30.3 Å². The average molecular weight is 308 g/mol. The van der Waals surface area contributed by atoms with E-state index in [0.29, 0.717) is 5.56 Å². The van der Waals surface area contributed by atoms with Crippen LogP contribution < -0.4 is 10.9 Å². The standard InChI is InChI=1S/C18H16N2O3/c21-16-8-4-3-7-14(16)18(23)20-19-11-15-13-6-2-1-5-12(13)9-10-17(15)22/h1-10,19,21-22H,11H2,(H,20,23). The van der Waals surface area contributed by atoms with Crippen LogP contribution in [0.25, 0.3) is 10.8 Å². The molecule has 0 saturated carbocycles. The number of benzene rings is 3. The summed E-state index contributed by atoms with van der Waals surface area (Å²) >= 11 is 0. The molecule has 0 fully saturated rings. The Morgan fingerprint density at radius 3 is 2.43 bits per heavy atom. The van der Waals surface area contributed by atoms with Crippen molar-refractivity contribution >= 4 is 16.7 Å². The van der Waals surface area contributed by atoms with Gasteiger partial charge in [0.05, 0.1) is 5.56 Å². The fourth-order valence-corrected chi connectivity index (χ4v) is 2.46. The summed E-state index contributed by atoms with van der Waals surface area (Å²) in [5.74, 6) is -0.365. The number of phenolic OH excluding ortho intramolecular Hbond substituents is 2. The zero-order chi connectivity index (χ0) is 16.2. The lowest BCUT2D eigenvalue weighted by atomic mass is 10.0. The van der Waals surface area contributed by atoms with Crippen LogP contribution in [0.3, 0.4) is 0 Å². The number of carbonyl (C=O) groups is 1. The normalized spacial score (nSPS) is 10.6. The third kappa shape index (κ3) is 3.09. The van der Waals surface area contributed by atoms with Gasteiger partial charge in [0, 0.05) is 12.1 Å². The van der Waals surface area contributed by atoms with Crippen molar-refractivity contribution in [1.29, 1.82) is 0 Å². The molecule has 0 aliphatic rings. The number of phenols is 2. The van der Waals surface area contributed by atoms with E-state index in [0.717, 1.165) is 10.8 Å². The highest BCUT2D eigenvalue weighted by molar-refractivity contribution is 5.96. The molecule has 0 saturated heterocycles. The van der Waals surface area contributed by atoms with Crippen LogP contribution in [0.2, 0.25) is 0 Å². The smallest absolute Gasteiger partial charge is 0.269 e. The van der Waals surface area contributed by atoms with Crippen molar-refractivity contribution in [3.05, 3.63) is 71.8 Å². The summed E-state index contributed by atoms with van der Waals surface area (Å²) in [7, 11) is 0. The molecule has 0 spiro atoms. The second-order valence-electron chi connectivity index (χ2n) is 5.11. The van der Waals surface area contributed by atoms with Crippen LogP contribution in [0.5, 0.6) is 11.5 Å². The highest BCUT2D eigenvalue weighted by Crippen LogP contribution is 2.26. The predicted octanol–water partition coefficient (Wildman–Crippen LogP) is 2.69. The summed E-state index contributed by atoms with van der Waals surface area (Å²) in [6, 6.07) is 17.5. The van der Waals surface area contributed by atoms with Crippen LogP contribution >= 0.6 is 0 Å². The van der Waals surface area contributed by atoms with Gasteiger partial charge in [-0.1, -0.05) is 42.5 Å². The average Bonchev–Trinajstić information content (AvgIpc) is 2.57. The van der Waals surface area contributed by atoms with Gasteiger partial charge >= 0.3 is 0 Å². The fraction of sp³-hybridized carbons (Fsp3) is 0.0556. The summed E-state index contributed by atoms with van der Waals surface area (Å²) in [5, 5.41) is 21.6. The maximum atomic E-state index is 12.0. The Hall–Kier alpha value is -3.05. The minimum absolute atomic E-state index is 0.0835. The molecule has 3 aromatic carbocycles. The van der Waals surface area contributed by atoms with Gasteiger partial charge in [-0.3, -0.25) is 10.2 Å². The lowest BCUT2D eigenvalue weighted by Crippen LogP contribution is -2.36. The first-order chi connectivity index (χ1) is 11.2. The second kappa shape index (κ2) is 6.37. The Bertz CT molecular complexity index is 862. The predicted molar refractivity (Wildman–Crippen MR) is 88.0 cm³/mol. The first kappa shape index (κ1) is 14.9. The van der Waals surface area contributed by atoms with Crippen molar-refractivity contribution in [2.45, 2.75) is 6.54 Å². The maximum Gasteiger partial charge on any atom is 0.269 e. The Labute approximate surface area is 133 Å². The zero-order valence-electron chi connectivity index (χ0n) is 12.3. The van der Waals surface area contributed by atoms with Crippen molar-refractivity contribution in [2.75, 3.05) is 0 Å². The maximum absolute atomic E-state index is 12.0. The highest BCUT2D eigenvalue weighted by Gasteiger charge is 2.11. The van der Waals surface area contributed by atoms with Crippen LogP contribution in [0.4, 0.5) is 0 Å². The molecule has 5 nitrogen and oxygen atoms in total.